The van der Waals surface area contributed by atoms with Crippen LogP contribution in [0.1, 0.15) is 37.6 Å². The van der Waals surface area contributed by atoms with Crippen molar-refractivity contribution < 1.29 is 23.7 Å². The van der Waals surface area contributed by atoms with E-state index in [1.54, 1.807) is 19.2 Å². The second-order valence-electron chi connectivity index (χ2n) is 6.00. The molecule has 0 bridgehead atoms. The van der Waals surface area contributed by atoms with E-state index in [2.05, 4.69) is 6.92 Å². The van der Waals surface area contributed by atoms with Gasteiger partial charge in [0, 0.05) is 13.5 Å². The van der Waals surface area contributed by atoms with E-state index >= 15 is 0 Å². The third-order valence-electron chi connectivity index (χ3n) is 3.82. The van der Waals surface area contributed by atoms with Crippen molar-refractivity contribution in [2.45, 2.75) is 45.4 Å². The van der Waals surface area contributed by atoms with Crippen LogP contribution in [0.15, 0.2) is 30.3 Å². The first-order valence-electron chi connectivity index (χ1n) is 7.52. The fourth-order valence-electron chi connectivity index (χ4n) is 2.30. The molecule has 1 fully saturated rings. The van der Waals surface area contributed by atoms with E-state index in [4.69, 9.17) is 18.9 Å². The molecule has 1 heterocycles. The lowest BCUT2D eigenvalue weighted by Crippen LogP contribution is -2.33. The molecule has 5 heteroatoms. The molecule has 5 nitrogen and oxygen atoms in total. The third-order valence-corrected chi connectivity index (χ3v) is 3.82. The molecule has 0 radical (unpaired) electrons. The number of carbonyl (C=O) groups excluding carboxylic acids is 1. The monoisotopic (exact) mass is 308 g/mol. The molecule has 122 valence electrons. The predicted molar refractivity (Wildman–Crippen MR) is 81.3 cm³/mol. The van der Waals surface area contributed by atoms with Gasteiger partial charge in [0.15, 0.2) is 12.1 Å². The molecule has 1 aliphatic heterocycles. The SMILES string of the molecule is COC(C)(C)O[C@H]1CC(C)[C@@H](COC(=O)c2ccccc2)O1. The van der Waals surface area contributed by atoms with Gasteiger partial charge in [0.25, 0.3) is 0 Å². The summed E-state index contributed by atoms with van der Waals surface area (Å²) in [5.41, 5.74) is 0.543. The van der Waals surface area contributed by atoms with E-state index in [-0.39, 0.29) is 30.9 Å². The topological polar surface area (TPSA) is 54.0 Å². The number of benzene rings is 1. The molecular weight excluding hydrogens is 284 g/mol. The molecule has 1 aromatic rings. The molecule has 1 unspecified atom stereocenters. The summed E-state index contributed by atoms with van der Waals surface area (Å²) in [6.45, 7) is 5.96. The molecule has 0 N–H and O–H groups in total. The minimum absolute atomic E-state index is 0.162. The molecule has 0 aromatic heterocycles. The fourth-order valence-corrected chi connectivity index (χ4v) is 2.30. The van der Waals surface area contributed by atoms with Gasteiger partial charge in [-0.05, 0) is 31.9 Å². The summed E-state index contributed by atoms with van der Waals surface area (Å²) >= 11 is 0. The molecule has 1 saturated heterocycles. The molecule has 0 spiro atoms. The van der Waals surface area contributed by atoms with E-state index in [1.165, 1.54) is 0 Å². The summed E-state index contributed by atoms with van der Waals surface area (Å²) in [4.78, 5) is 11.9. The highest BCUT2D eigenvalue weighted by Crippen LogP contribution is 2.30. The molecule has 2 rings (SSSR count). The van der Waals surface area contributed by atoms with Gasteiger partial charge in [-0.1, -0.05) is 25.1 Å². The number of rotatable bonds is 6. The normalized spacial score (nSPS) is 25.2. The maximum atomic E-state index is 11.9. The van der Waals surface area contributed by atoms with Crippen molar-refractivity contribution in [3.8, 4) is 0 Å². The van der Waals surface area contributed by atoms with Crippen LogP contribution >= 0.6 is 0 Å². The van der Waals surface area contributed by atoms with Crippen LogP contribution in [0.5, 0.6) is 0 Å². The Morgan fingerprint density at radius 1 is 1.32 bits per heavy atom. The number of hydrogen-bond donors (Lipinski definition) is 0. The van der Waals surface area contributed by atoms with E-state index < -0.39 is 5.79 Å². The second kappa shape index (κ2) is 7.22. The minimum atomic E-state index is -0.694. The van der Waals surface area contributed by atoms with Crippen molar-refractivity contribution in [3.05, 3.63) is 35.9 Å². The van der Waals surface area contributed by atoms with Crippen LogP contribution < -0.4 is 0 Å². The average molecular weight is 308 g/mol. The van der Waals surface area contributed by atoms with E-state index in [0.29, 0.717) is 5.56 Å². The van der Waals surface area contributed by atoms with Crippen molar-refractivity contribution in [2.75, 3.05) is 13.7 Å². The van der Waals surface area contributed by atoms with Gasteiger partial charge >= 0.3 is 5.97 Å². The van der Waals surface area contributed by atoms with Crippen molar-refractivity contribution in [2.24, 2.45) is 5.92 Å². The zero-order valence-electron chi connectivity index (χ0n) is 13.6. The summed E-state index contributed by atoms with van der Waals surface area (Å²) in [5, 5.41) is 0. The highest BCUT2D eigenvalue weighted by atomic mass is 16.8. The highest BCUT2D eigenvalue weighted by Gasteiger charge is 2.36. The van der Waals surface area contributed by atoms with E-state index in [1.807, 2.05) is 32.0 Å². The van der Waals surface area contributed by atoms with Crippen LogP contribution in [0, 0.1) is 5.92 Å². The van der Waals surface area contributed by atoms with Gasteiger partial charge in [-0.2, -0.15) is 0 Å². The largest absolute Gasteiger partial charge is 0.459 e. The number of esters is 1. The van der Waals surface area contributed by atoms with Crippen molar-refractivity contribution in [1.29, 1.82) is 0 Å². The Morgan fingerprint density at radius 3 is 2.64 bits per heavy atom. The van der Waals surface area contributed by atoms with Crippen LogP contribution in [0.2, 0.25) is 0 Å². The van der Waals surface area contributed by atoms with Crippen molar-refractivity contribution >= 4 is 5.97 Å². The predicted octanol–water partition coefficient (Wildman–Crippen LogP) is 2.99. The minimum Gasteiger partial charge on any atom is -0.459 e. The van der Waals surface area contributed by atoms with Gasteiger partial charge in [-0.15, -0.1) is 0 Å². The first kappa shape index (κ1) is 16.9. The molecule has 1 aromatic carbocycles. The smallest absolute Gasteiger partial charge is 0.338 e. The van der Waals surface area contributed by atoms with Gasteiger partial charge in [0.1, 0.15) is 6.61 Å². The lowest BCUT2D eigenvalue weighted by atomic mass is 10.0. The standard InChI is InChI=1S/C17H24O5/c1-12-10-15(22-17(2,3)19-4)21-14(12)11-20-16(18)13-8-6-5-7-9-13/h5-9,12,14-15H,10-11H2,1-4H3/t12?,14-,15+/m1/s1. The first-order valence-corrected chi connectivity index (χ1v) is 7.52. The average Bonchev–Trinajstić information content (AvgIpc) is 2.84. The Labute approximate surface area is 131 Å². The summed E-state index contributed by atoms with van der Waals surface area (Å²) in [6.07, 6.45) is 0.246. The van der Waals surface area contributed by atoms with Crippen LogP contribution in [0.3, 0.4) is 0 Å². The highest BCUT2D eigenvalue weighted by molar-refractivity contribution is 5.89. The van der Waals surface area contributed by atoms with Crippen LogP contribution in [-0.2, 0) is 18.9 Å². The van der Waals surface area contributed by atoms with Crippen molar-refractivity contribution in [3.63, 3.8) is 0 Å². The molecule has 0 saturated carbocycles. The van der Waals surface area contributed by atoms with Gasteiger partial charge in [0.05, 0.1) is 11.7 Å². The molecule has 0 aliphatic carbocycles. The third kappa shape index (κ3) is 4.53. The molecule has 22 heavy (non-hydrogen) atoms. The number of hydrogen-bond acceptors (Lipinski definition) is 5. The summed E-state index contributed by atoms with van der Waals surface area (Å²) in [7, 11) is 1.59. The van der Waals surface area contributed by atoms with Gasteiger partial charge in [0.2, 0.25) is 0 Å². The van der Waals surface area contributed by atoms with Gasteiger partial charge in [-0.25, -0.2) is 4.79 Å². The van der Waals surface area contributed by atoms with Crippen LogP contribution in [0.25, 0.3) is 0 Å². The van der Waals surface area contributed by atoms with Crippen LogP contribution in [-0.4, -0.2) is 37.9 Å². The van der Waals surface area contributed by atoms with Crippen LogP contribution in [0.4, 0.5) is 0 Å². The molecule has 1 aliphatic rings. The molecular formula is C17H24O5. The Bertz CT molecular complexity index is 485. The van der Waals surface area contributed by atoms with E-state index in [0.717, 1.165) is 6.42 Å². The second-order valence-corrected chi connectivity index (χ2v) is 6.00. The summed E-state index contributed by atoms with van der Waals surface area (Å²) in [6, 6.07) is 8.94. The maximum Gasteiger partial charge on any atom is 0.338 e. The zero-order chi connectivity index (χ0) is 16.2. The van der Waals surface area contributed by atoms with Gasteiger partial charge < -0.3 is 18.9 Å². The Morgan fingerprint density at radius 2 is 2.00 bits per heavy atom. The fraction of sp³-hybridized carbons (Fsp3) is 0.588. The summed E-state index contributed by atoms with van der Waals surface area (Å²) in [5.74, 6) is -0.779. The number of methoxy groups -OCH3 is 1. The lowest BCUT2D eigenvalue weighted by molar-refractivity contribution is -0.280. The number of carbonyl (C=O) groups is 1. The number of ether oxygens (including phenoxy) is 4. The van der Waals surface area contributed by atoms with E-state index in [9.17, 15) is 4.79 Å². The maximum absolute atomic E-state index is 11.9. The summed E-state index contributed by atoms with van der Waals surface area (Å²) < 4.78 is 22.1. The van der Waals surface area contributed by atoms with Crippen molar-refractivity contribution in [1.82, 2.24) is 0 Å². The Hall–Kier alpha value is -1.43. The Balaban J connectivity index is 1.82. The lowest BCUT2D eigenvalue weighted by Gasteiger charge is -2.27. The van der Waals surface area contributed by atoms with Gasteiger partial charge in [-0.3, -0.25) is 0 Å². The first-order chi connectivity index (χ1) is 10.4. The molecule has 0 amide bonds. The Kier molecular flexibility index (Phi) is 5.56. The zero-order valence-corrected chi connectivity index (χ0v) is 13.6. The quantitative estimate of drug-likeness (QED) is 0.597. The molecule has 3 atom stereocenters.